The van der Waals surface area contributed by atoms with Crippen molar-refractivity contribution in [1.82, 2.24) is 4.90 Å². The highest BCUT2D eigenvalue weighted by Crippen LogP contribution is 2.28. The van der Waals surface area contributed by atoms with E-state index >= 15 is 0 Å². The summed E-state index contributed by atoms with van der Waals surface area (Å²) in [6.45, 7) is 1.13. The Morgan fingerprint density at radius 2 is 2.04 bits per heavy atom. The fourth-order valence-corrected chi connectivity index (χ4v) is 4.34. The Hall–Kier alpha value is -1.95. The van der Waals surface area contributed by atoms with Crippen molar-refractivity contribution in [2.45, 2.75) is 5.75 Å². The number of thioether (sulfide) groups is 1. The second kappa shape index (κ2) is 7.35. The molecule has 2 aromatic carbocycles. The molecule has 0 saturated heterocycles. The van der Waals surface area contributed by atoms with Crippen molar-refractivity contribution in [1.29, 1.82) is 0 Å². The Balaban J connectivity index is 1.49. The van der Waals surface area contributed by atoms with Gasteiger partial charge < -0.3 is 4.42 Å². The van der Waals surface area contributed by atoms with Gasteiger partial charge in [0, 0.05) is 27.7 Å². The van der Waals surface area contributed by atoms with Gasteiger partial charge >= 0.3 is 0 Å². The quantitative estimate of drug-likeness (QED) is 0.579. The first kappa shape index (κ1) is 17.5. The topological polar surface area (TPSA) is 45.8 Å². The first-order valence-electron chi connectivity index (χ1n) is 8.03. The van der Waals surface area contributed by atoms with Crippen LogP contribution in [0.1, 0.15) is 16.1 Å². The average molecular weight is 405 g/mol. The summed E-state index contributed by atoms with van der Waals surface area (Å²) in [7, 11) is 0. The summed E-state index contributed by atoms with van der Waals surface area (Å²) in [5, 5.41) is 2.80. The molecule has 1 aromatic heterocycles. The second-order valence-corrected chi connectivity index (χ2v) is 7.58. The first-order chi connectivity index (χ1) is 12.6. The number of rotatable bonds is 3. The lowest BCUT2D eigenvalue weighted by Crippen LogP contribution is -2.32. The highest BCUT2D eigenvalue weighted by molar-refractivity contribution is 8.13. The van der Waals surface area contributed by atoms with E-state index in [4.69, 9.17) is 27.6 Å². The minimum atomic E-state index is -0.174. The lowest BCUT2D eigenvalue weighted by molar-refractivity contribution is 0.0833. The van der Waals surface area contributed by atoms with Gasteiger partial charge in [0.25, 0.3) is 5.91 Å². The average Bonchev–Trinajstić information content (AvgIpc) is 3.27. The second-order valence-electron chi connectivity index (χ2n) is 5.79. The molecular formula is C19H14Cl2N2O2S. The van der Waals surface area contributed by atoms with Gasteiger partial charge in [0.1, 0.15) is 5.58 Å². The Morgan fingerprint density at radius 1 is 1.19 bits per heavy atom. The lowest BCUT2D eigenvalue weighted by Gasteiger charge is -2.16. The maximum atomic E-state index is 12.8. The number of nitrogens with zero attached hydrogens (tertiary/aromatic N) is 2. The highest BCUT2D eigenvalue weighted by Gasteiger charge is 2.27. The Bertz CT molecular complexity index is 983. The van der Waals surface area contributed by atoms with Gasteiger partial charge in [-0.2, -0.15) is 0 Å². The zero-order valence-electron chi connectivity index (χ0n) is 13.6. The number of aliphatic imine (C=N–C) groups is 1. The van der Waals surface area contributed by atoms with Gasteiger partial charge in [0.2, 0.25) is 0 Å². The number of halogens is 2. The van der Waals surface area contributed by atoms with Gasteiger partial charge in [-0.05, 0) is 29.8 Å². The Kier molecular flexibility index (Phi) is 4.94. The largest absolute Gasteiger partial charge is 0.451 e. The molecule has 0 atom stereocenters. The number of amidine groups is 1. The maximum Gasteiger partial charge on any atom is 0.295 e. The summed E-state index contributed by atoms with van der Waals surface area (Å²) in [6.07, 6.45) is 0. The third kappa shape index (κ3) is 3.47. The number of hydrogen-bond acceptors (Lipinski definition) is 4. The van der Waals surface area contributed by atoms with E-state index < -0.39 is 0 Å². The van der Waals surface area contributed by atoms with E-state index in [2.05, 4.69) is 4.99 Å². The van der Waals surface area contributed by atoms with Crippen molar-refractivity contribution in [3.8, 4) is 0 Å². The van der Waals surface area contributed by atoms with Crippen LogP contribution in [-0.4, -0.2) is 29.1 Å². The minimum absolute atomic E-state index is 0.174. The summed E-state index contributed by atoms with van der Waals surface area (Å²) in [4.78, 5) is 19.0. The van der Waals surface area contributed by atoms with Crippen LogP contribution in [0, 0.1) is 0 Å². The number of benzene rings is 2. The third-order valence-electron chi connectivity index (χ3n) is 4.05. The summed E-state index contributed by atoms with van der Waals surface area (Å²) in [5.74, 6) is 0.761. The fraction of sp³-hybridized carbons (Fsp3) is 0.158. The molecule has 0 N–H and O–H groups in total. The number of amides is 1. The molecule has 132 valence electrons. The number of carbonyl (C=O) groups is 1. The van der Waals surface area contributed by atoms with Crippen molar-refractivity contribution >= 4 is 57.0 Å². The van der Waals surface area contributed by atoms with Crippen LogP contribution in [0.5, 0.6) is 0 Å². The number of furan rings is 1. The van der Waals surface area contributed by atoms with Crippen LogP contribution in [0.4, 0.5) is 0 Å². The van der Waals surface area contributed by atoms with Gasteiger partial charge in [0.05, 0.1) is 6.54 Å². The molecule has 0 saturated carbocycles. The summed E-state index contributed by atoms with van der Waals surface area (Å²) >= 11 is 13.6. The van der Waals surface area contributed by atoms with Gasteiger partial charge in [-0.15, -0.1) is 0 Å². The number of fused-ring (bicyclic) bond motifs is 1. The van der Waals surface area contributed by atoms with Crippen LogP contribution in [-0.2, 0) is 5.75 Å². The molecule has 1 aliphatic heterocycles. The van der Waals surface area contributed by atoms with Gasteiger partial charge in [-0.1, -0.05) is 59.2 Å². The fourth-order valence-electron chi connectivity index (χ4n) is 2.74. The van der Waals surface area contributed by atoms with Crippen LogP contribution in [0.25, 0.3) is 11.0 Å². The number of carbonyl (C=O) groups excluding carboxylic acids is 1. The van der Waals surface area contributed by atoms with Gasteiger partial charge in [-0.25, -0.2) is 0 Å². The Morgan fingerprint density at radius 3 is 2.85 bits per heavy atom. The van der Waals surface area contributed by atoms with E-state index in [0.717, 1.165) is 10.9 Å². The molecule has 0 unspecified atom stereocenters. The zero-order chi connectivity index (χ0) is 18.1. The van der Waals surface area contributed by atoms with Crippen LogP contribution in [0.3, 0.4) is 0 Å². The lowest BCUT2D eigenvalue weighted by atomic mass is 10.2. The van der Waals surface area contributed by atoms with Crippen LogP contribution in [0.2, 0.25) is 10.0 Å². The molecular weight excluding hydrogens is 391 g/mol. The molecule has 0 spiro atoms. The van der Waals surface area contributed by atoms with E-state index in [1.807, 2.05) is 30.3 Å². The number of para-hydroxylation sites is 1. The molecule has 4 nitrogen and oxygen atoms in total. The predicted molar refractivity (Wildman–Crippen MR) is 107 cm³/mol. The standard InChI is InChI=1S/C19H14Cl2N2O2S/c20-14-6-5-13(15(21)10-14)11-26-19-22-7-8-23(19)18(24)17-9-12-3-1-2-4-16(12)25-17/h1-6,9-10H,7-8,11H2. The SMILES string of the molecule is O=C(c1cc2ccccc2o1)N1CCN=C1SCc1ccc(Cl)cc1Cl. The van der Waals surface area contributed by atoms with E-state index in [9.17, 15) is 4.79 Å². The van der Waals surface area contributed by atoms with Crippen molar-refractivity contribution < 1.29 is 9.21 Å². The molecule has 0 radical (unpaired) electrons. The zero-order valence-corrected chi connectivity index (χ0v) is 15.9. The summed E-state index contributed by atoms with van der Waals surface area (Å²) in [5.41, 5.74) is 1.65. The third-order valence-corrected chi connectivity index (χ3v) is 5.70. The van der Waals surface area contributed by atoms with Crippen molar-refractivity contribution in [2.75, 3.05) is 13.1 Å². The molecule has 3 aromatic rings. The van der Waals surface area contributed by atoms with Crippen molar-refractivity contribution in [2.24, 2.45) is 4.99 Å². The summed E-state index contributed by atoms with van der Waals surface area (Å²) < 4.78 is 5.69. The van der Waals surface area contributed by atoms with Gasteiger partial charge in [-0.3, -0.25) is 14.7 Å². The number of hydrogen-bond donors (Lipinski definition) is 0. The predicted octanol–water partition coefficient (Wildman–Crippen LogP) is 5.48. The summed E-state index contributed by atoms with van der Waals surface area (Å²) in [6, 6.07) is 14.8. The van der Waals surface area contributed by atoms with Crippen LogP contribution < -0.4 is 0 Å². The molecule has 0 bridgehead atoms. The molecule has 26 heavy (non-hydrogen) atoms. The minimum Gasteiger partial charge on any atom is -0.451 e. The normalized spacial score (nSPS) is 14.1. The molecule has 0 aliphatic carbocycles. The smallest absolute Gasteiger partial charge is 0.295 e. The molecule has 1 aliphatic rings. The molecule has 0 fully saturated rings. The molecule has 7 heteroatoms. The molecule has 1 amide bonds. The monoisotopic (exact) mass is 404 g/mol. The molecule has 2 heterocycles. The van der Waals surface area contributed by atoms with E-state index in [1.165, 1.54) is 11.8 Å². The van der Waals surface area contributed by atoms with Crippen molar-refractivity contribution in [3.05, 3.63) is 69.9 Å². The first-order valence-corrected chi connectivity index (χ1v) is 9.77. The highest BCUT2D eigenvalue weighted by atomic mass is 35.5. The van der Waals surface area contributed by atoms with Gasteiger partial charge in [0.15, 0.2) is 10.9 Å². The van der Waals surface area contributed by atoms with E-state index in [-0.39, 0.29) is 5.91 Å². The van der Waals surface area contributed by atoms with Crippen molar-refractivity contribution in [3.63, 3.8) is 0 Å². The van der Waals surface area contributed by atoms with Crippen LogP contribution >= 0.6 is 35.0 Å². The Labute approximate surface area is 164 Å². The van der Waals surface area contributed by atoms with E-state index in [1.54, 1.807) is 23.1 Å². The van der Waals surface area contributed by atoms with E-state index in [0.29, 0.717) is 45.4 Å². The maximum absolute atomic E-state index is 12.8. The molecule has 4 rings (SSSR count). The van der Waals surface area contributed by atoms with Crippen LogP contribution in [0.15, 0.2) is 57.9 Å².